The van der Waals surface area contributed by atoms with Crippen molar-refractivity contribution in [3.63, 3.8) is 0 Å². The summed E-state index contributed by atoms with van der Waals surface area (Å²) in [4.78, 5) is 8.69. The molecule has 0 radical (unpaired) electrons. The fourth-order valence-electron chi connectivity index (χ4n) is 3.21. The van der Waals surface area contributed by atoms with Gasteiger partial charge in [0.25, 0.3) is 0 Å². The van der Waals surface area contributed by atoms with E-state index in [2.05, 4.69) is 27.6 Å². The maximum absolute atomic E-state index is 4.49. The zero-order valence-corrected chi connectivity index (χ0v) is 9.61. The van der Waals surface area contributed by atoms with Crippen molar-refractivity contribution >= 4 is 0 Å². The highest BCUT2D eigenvalue weighted by molar-refractivity contribution is 5.19. The van der Waals surface area contributed by atoms with Crippen LogP contribution in [0.1, 0.15) is 31.4 Å². The number of aromatic nitrogens is 2. The van der Waals surface area contributed by atoms with Gasteiger partial charge >= 0.3 is 0 Å². The first kappa shape index (κ1) is 10.2. The van der Waals surface area contributed by atoms with Crippen LogP contribution in [0.4, 0.5) is 0 Å². The predicted octanol–water partition coefficient (Wildman–Crippen LogP) is 0.806. The van der Waals surface area contributed by atoms with E-state index in [-0.39, 0.29) is 5.54 Å². The molecule has 3 unspecified atom stereocenters. The molecule has 0 spiro atoms. The summed E-state index contributed by atoms with van der Waals surface area (Å²) in [7, 11) is 2.06. The number of piperidine rings is 1. The first-order chi connectivity index (χ1) is 7.82. The lowest BCUT2D eigenvalue weighted by Gasteiger charge is -2.38. The molecule has 2 saturated heterocycles. The minimum absolute atomic E-state index is 0.0743. The second kappa shape index (κ2) is 3.79. The van der Waals surface area contributed by atoms with E-state index in [0.29, 0.717) is 12.1 Å². The van der Waals surface area contributed by atoms with Crippen molar-refractivity contribution < 1.29 is 0 Å². The Labute approximate surface area is 95.9 Å². The summed E-state index contributed by atoms with van der Waals surface area (Å²) in [6, 6.07) is 1.25. The molecule has 2 aliphatic heterocycles. The Morgan fingerprint density at radius 2 is 2.44 bits per heavy atom. The predicted molar refractivity (Wildman–Crippen MR) is 61.9 cm³/mol. The molecule has 4 heteroatoms. The van der Waals surface area contributed by atoms with Crippen LogP contribution < -0.4 is 10.6 Å². The fraction of sp³-hybridized carbons (Fsp3) is 0.667. The first-order valence-corrected chi connectivity index (χ1v) is 6.04. The van der Waals surface area contributed by atoms with Gasteiger partial charge < -0.3 is 10.6 Å². The van der Waals surface area contributed by atoms with Crippen LogP contribution in [-0.4, -0.2) is 29.1 Å². The molecular weight excluding hydrogens is 200 g/mol. The van der Waals surface area contributed by atoms with Crippen molar-refractivity contribution in [2.75, 3.05) is 7.05 Å². The van der Waals surface area contributed by atoms with Gasteiger partial charge in [0.15, 0.2) is 0 Å². The molecular formula is C12H18N4. The Hall–Kier alpha value is -1.00. The van der Waals surface area contributed by atoms with Crippen LogP contribution in [0.25, 0.3) is 0 Å². The van der Waals surface area contributed by atoms with E-state index < -0.39 is 0 Å². The average Bonchev–Trinajstić information content (AvgIpc) is 2.67. The van der Waals surface area contributed by atoms with E-state index in [4.69, 9.17) is 0 Å². The molecule has 4 nitrogen and oxygen atoms in total. The molecule has 2 fully saturated rings. The SMILES string of the molecule is CNC1CC2CCC(c3cnccn3)(C1)N2. The van der Waals surface area contributed by atoms with E-state index in [1.165, 1.54) is 19.3 Å². The Bertz CT molecular complexity index is 367. The third-order valence-corrected chi connectivity index (χ3v) is 4.03. The number of nitrogens with one attached hydrogen (secondary N) is 2. The molecule has 86 valence electrons. The van der Waals surface area contributed by atoms with Crippen LogP contribution in [0.2, 0.25) is 0 Å². The topological polar surface area (TPSA) is 49.8 Å². The van der Waals surface area contributed by atoms with E-state index in [9.17, 15) is 0 Å². The summed E-state index contributed by atoms with van der Waals surface area (Å²) in [5.41, 5.74) is 1.18. The third-order valence-electron chi connectivity index (χ3n) is 4.03. The standard InChI is InChI=1S/C12H18N4/c1-13-10-6-9-2-3-12(7-10,16-9)11-8-14-4-5-15-11/h4-5,8-10,13,16H,2-3,6-7H2,1H3. The monoisotopic (exact) mass is 218 g/mol. The average molecular weight is 218 g/mol. The lowest BCUT2D eigenvalue weighted by atomic mass is 9.85. The van der Waals surface area contributed by atoms with Crippen LogP contribution in [-0.2, 0) is 5.54 Å². The quantitative estimate of drug-likeness (QED) is 0.771. The van der Waals surface area contributed by atoms with Gasteiger partial charge in [-0.05, 0) is 32.7 Å². The van der Waals surface area contributed by atoms with E-state index in [1.807, 2.05) is 6.20 Å². The van der Waals surface area contributed by atoms with Gasteiger partial charge in [-0.3, -0.25) is 9.97 Å². The van der Waals surface area contributed by atoms with Gasteiger partial charge in [-0.2, -0.15) is 0 Å². The van der Waals surface area contributed by atoms with Gasteiger partial charge in [-0.15, -0.1) is 0 Å². The highest BCUT2D eigenvalue weighted by Crippen LogP contribution is 2.41. The normalized spacial score (nSPS) is 37.6. The Morgan fingerprint density at radius 3 is 3.19 bits per heavy atom. The molecule has 3 heterocycles. The van der Waals surface area contributed by atoms with Crippen molar-refractivity contribution in [1.29, 1.82) is 0 Å². The Balaban J connectivity index is 1.93. The minimum atomic E-state index is 0.0743. The highest BCUT2D eigenvalue weighted by Gasteiger charge is 2.46. The number of nitrogens with zero attached hydrogens (tertiary/aromatic N) is 2. The zero-order chi connectivity index (χ0) is 11.0. The molecule has 1 aromatic rings. The second-order valence-electron chi connectivity index (χ2n) is 4.98. The third kappa shape index (κ3) is 1.53. The second-order valence-corrected chi connectivity index (χ2v) is 4.98. The lowest BCUT2D eigenvalue weighted by molar-refractivity contribution is 0.229. The molecule has 3 rings (SSSR count). The number of hydrogen-bond donors (Lipinski definition) is 2. The van der Waals surface area contributed by atoms with Crippen molar-refractivity contribution in [1.82, 2.24) is 20.6 Å². The summed E-state index contributed by atoms with van der Waals surface area (Å²) in [6.07, 6.45) is 10.3. The largest absolute Gasteiger partial charge is 0.317 e. The van der Waals surface area contributed by atoms with E-state index in [0.717, 1.165) is 12.1 Å². The summed E-state index contributed by atoms with van der Waals surface area (Å²) in [5, 5.41) is 7.15. The zero-order valence-electron chi connectivity index (χ0n) is 9.61. The molecule has 0 aliphatic carbocycles. The molecule has 2 bridgehead atoms. The van der Waals surface area contributed by atoms with Gasteiger partial charge in [0.05, 0.1) is 17.4 Å². The fourth-order valence-corrected chi connectivity index (χ4v) is 3.21. The molecule has 2 N–H and O–H groups in total. The minimum Gasteiger partial charge on any atom is -0.317 e. The van der Waals surface area contributed by atoms with E-state index >= 15 is 0 Å². The van der Waals surface area contributed by atoms with Crippen molar-refractivity contribution in [2.24, 2.45) is 0 Å². The van der Waals surface area contributed by atoms with Gasteiger partial charge in [0, 0.05) is 24.5 Å². The molecule has 16 heavy (non-hydrogen) atoms. The highest BCUT2D eigenvalue weighted by atomic mass is 15.1. The number of hydrogen-bond acceptors (Lipinski definition) is 4. The molecule has 0 saturated carbocycles. The first-order valence-electron chi connectivity index (χ1n) is 6.04. The van der Waals surface area contributed by atoms with Crippen molar-refractivity contribution in [3.8, 4) is 0 Å². The van der Waals surface area contributed by atoms with E-state index in [1.54, 1.807) is 12.4 Å². The molecule has 0 amide bonds. The lowest BCUT2D eigenvalue weighted by Crippen LogP contribution is -2.52. The summed E-state index contributed by atoms with van der Waals surface area (Å²) >= 11 is 0. The number of rotatable bonds is 2. The Morgan fingerprint density at radius 1 is 1.50 bits per heavy atom. The van der Waals surface area contributed by atoms with Crippen molar-refractivity contribution in [3.05, 3.63) is 24.3 Å². The van der Waals surface area contributed by atoms with Crippen LogP contribution in [0.15, 0.2) is 18.6 Å². The van der Waals surface area contributed by atoms with Crippen LogP contribution in [0.3, 0.4) is 0 Å². The maximum Gasteiger partial charge on any atom is 0.0788 e. The maximum atomic E-state index is 4.49. The Kier molecular flexibility index (Phi) is 2.41. The summed E-state index contributed by atoms with van der Waals surface area (Å²) < 4.78 is 0. The summed E-state index contributed by atoms with van der Waals surface area (Å²) in [5.74, 6) is 0. The van der Waals surface area contributed by atoms with Gasteiger partial charge in [0.1, 0.15) is 0 Å². The summed E-state index contributed by atoms with van der Waals surface area (Å²) in [6.45, 7) is 0. The molecule has 2 aliphatic rings. The van der Waals surface area contributed by atoms with Crippen LogP contribution in [0.5, 0.6) is 0 Å². The number of fused-ring (bicyclic) bond motifs is 2. The van der Waals surface area contributed by atoms with Crippen LogP contribution in [0, 0.1) is 0 Å². The van der Waals surface area contributed by atoms with Gasteiger partial charge in [-0.25, -0.2) is 0 Å². The van der Waals surface area contributed by atoms with Gasteiger partial charge in [0.2, 0.25) is 0 Å². The molecule has 3 atom stereocenters. The van der Waals surface area contributed by atoms with Gasteiger partial charge in [-0.1, -0.05) is 0 Å². The van der Waals surface area contributed by atoms with Crippen molar-refractivity contribution in [2.45, 2.75) is 43.3 Å². The van der Waals surface area contributed by atoms with Crippen LogP contribution >= 0.6 is 0 Å². The molecule has 0 aromatic carbocycles. The smallest absolute Gasteiger partial charge is 0.0788 e. The molecule has 1 aromatic heterocycles.